The molecule has 5 nitrogen and oxygen atoms in total. The fourth-order valence-corrected chi connectivity index (χ4v) is 3.01. The Morgan fingerprint density at radius 2 is 1.92 bits per heavy atom. The van der Waals surface area contributed by atoms with E-state index < -0.39 is 0 Å². The minimum Gasteiger partial charge on any atom is -0.493 e. The molecule has 1 aliphatic heterocycles. The largest absolute Gasteiger partial charge is 0.493 e. The molecule has 138 valence electrons. The Labute approximate surface area is 151 Å². The Morgan fingerprint density at radius 1 is 1.20 bits per heavy atom. The molecule has 25 heavy (non-hydrogen) atoms. The van der Waals surface area contributed by atoms with Crippen LogP contribution < -0.4 is 9.47 Å². The summed E-state index contributed by atoms with van der Waals surface area (Å²) in [7, 11) is 1.62. The van der Waals surface area contributed by atoms with Crippen LogP contribution in [0.25, 0.3) is 6.08 Å². The maximum absolute atomic E-state index is 12.4. The van der Waals surface area contributed by atoms with Crippen LogP contribution in [0.4, 0.5) is 0 Å². The predicted molar refractivity (Wildman–Crippen MR) is 101 cm³/mol. The number of piperazine rings is 1. The van der Waals surface area contributed by atoms with Crippen LogP contribution >= 0.6 is 0 Å². The third-order valence-corrected chi connectivity index (χ3v) is 4.21. The molecule has 0 saturated carbocycles. The van der Waals surface area contributed by atoms with Crippen molar-refractivity contribution in [3.63, 3.8) is 0 Å². The summed E-state index contributed by atoms with van der Waals surface area (Å²) in [5.74, 6) is 2.13. The van der Waals surface area contributed by atoms with Gasteiger partial charge in [0.15, 0.2) is 11.5 Å². The van der Waals surface area contributed by atoms with Gasteiger partial charge in [0.25, 0.3) is 0 Å². The highest BCUT2D eigenvalue weighted by Crippen LogP contribution is 2.28. The lowest BCUT2D eigenvalue weighted by Gasteiger charge is -2.35. The van der Waals surface area contributed by atoms with E-state index in [1.54, 1.807) is 13.2 Å². The van der Waals surface area contributed by atoms with Crippen LogP contribution in [0.1, 0.15) is 26.3 Å². The minimum atomic E-state index is 0.0676. The lowest BCUT2D eigenvalue weighted by molar-refractivity contribution is -0.127. The molecular weight excluding hydrogens is 316 g/mol. The maximum Gasteiger partial charge on any atom is 0.246 e. The molecule has 1 aromatic rings. The van der Waals surface area contributed by atoms with Crippen LogP contribution in [0.5, 0.6) is 11.5 Å². The number of carbonyl (C=O) groups is 1. The average Bonchev–Trinajstić information content (AvgIpc) is 2.60. The molecule has 1 aliphatic rings. The van der Waals surface area contributed by atoms with Gasteiger partial charge in [-0.15, -0.1) is 0 Å². The molecule has 1 aromatic carbocycles. The number of amides is 1. The van der Waals surface area contributed by atoms with Crippen LogP contribution in [0, 0.1) is 5.92 Å². The molecule has 1 amide bonds. The molecule has 0 spiro atoms. The number of benzene rings is 1. The number of ether oxygens (including phenoxy) is 2. The van der Waals surface area contributed by atoms with Gasteiger partial charge in [0.05, 0.1) is 13.7 Å². The number of methoxy groups -OCH3 is 1. The topological polar surface area (TPSA) is 42.0 Å². The van der Waals surface area contributed by atoms with Crippen LogP contribution in [-0.4, -0.2) is 62.1 Å². The monoisotopic (exact) mass is 346 g/mol. The summed E-state index contributed by atoms with van der Waals surface area (Å²) >= 11 is 0. The first-order chi connectivity index (χ1) is 12.0. The second-order valence-electron chi connectivity index (χ2n) is 6.70. The minimum absolute atomic E-state index is 0.0676. The second-order valence-corrected chi connectivity index (χ2v) is 6.70. The number of nitrogens with zero attached hydrogens (tertiary/aromatic N) is 2. The van der Waals surface area contributed by atoms with Crippen molar-refractivity contribution < 1.29 is 14.3 Å². The van der Waals surface area contributed by atoms with Gasteiger partial charge in [-0.05, 0) is 36.6 Å². The van der Waals surface area contributed by atoms with E-state index in [0.29, 0.717) is 24.0 Å². The highest BCUT2D eigenvalue weighted by molar-refractivity contribution is 5.92. The van der Waals surface area contributed by atoms with Gasteiger partial charge in [-0.2, -0.15) is 0 Å². The van der Waals surface area contributed by atoms with Crippen molar-refractivity contribution in [2.75, 3.05) is 46.4 Å². The molecule has 0 bridgehead atoms. The Hall–Kier alpha value is -2.01. The van der Waals surface area contributed by atoms with Crippen molar-refractivity contribution in [1.29, 1.82) is 0 Å². The quantitative estimate of drug-likeness (QED) is 0.712. The summed E-state index contributed by atoms with van der Waals surface area (Å²) in [6.45, 7) is 11.6. The van der Waals surface area contributed by atoms with Crippen molar-refractivity contribution in [2.45, 2.75) is 20.8 Å². The highest BCUT2D eigenvalue weighted by atomic mass is 16.5. The lowest BCUT2D eigenvalue weighted by atomic mass is 10.1. The Kier molecular flexibility index (Phi) is 7.31. The summed E-state index contributed by atoms with van der Waals surface area (Å²) in [6, 6.07) is 5.68. The fraction of sp³-hybridized carbons (Fsp3) is 0.550. The number of hydrogen-bond donors (Lipinski definition) is 0. The lowest BCUT2D eigenvalue weighted by Crippen LogP contribution is -2.49. The van der Waals surface area contributed by atoms with E-state index in [4.69, 9.17) is 9.47 Å². The van der Waals surface area contributed by atoms with E-state index in [-0.39, 0.29) is 5.91 Å². The summed E-state index contributed by atoms with van der Waals surface area (Å²) in [5, 5.41) is 0. The molecule has 2 rings (SSSR count). The van der Waals surface area contributed by atoms with Crippen molar-refractivity contribution >= 4 is 12.0 Å². The third kappa shape index (κ3) is 5.78. The SMILES string of the molecule is CCOc1cc(/C=C/C(=O)N2CCN(CC(C)C)CC2)ccc1OC. The fourth-order valence-electron chi connectivity index (χ4n) is 3.01. The number of rotatable bonds is 7. The van der Waals surface area contributed by atoms with Crippen LogP contribution in [0.15, 0.2) is 24.3 Å². The van der Waals surface area contributed by atoms with Gasteiger partial charge in [0.2, 0.25) is 5.91 Å². The van der Waals surface area contributed by atoms with E-state index in [1.807, 2.05) is 36.1 Å². The second kappa shape index (κ2) is 9.47. The molecule has 1 saturated heterocycles. The van der Waals surface area contributed by atoms with E-state index in [9.17, 15) is 4.79 Å². The first kappa shape index (κ1) is 19.3. The van der Waals surface area contributed by atoms with Gasteiger partial charge in [-0.25, -0.2) is 0 Å². The van der Waals surface area contributed by atoms with E-state index in [0.717, 1.165) is 38.3 Å². The molecule has 0 unspecified atom stereocenters. The normalized spacial score (nSPS) is 15.8. The molecule has 1 fully saturated rings. The standard InChI is InChI=1S/C20H30N2O3/c1-5-25-19-14-17(6-8-18(19)24-4)7-9-20(23)22-12-10-21(11-13-22)15-16(2)3/h6-9,14,16H,5,10-13,15H2,1-4H3/b9-7+. The highest BCUT2D eigenvalue weighted by Gasteiger charge is 2.19. The molecule has 0 N–H and O–H groups in total. The van der Waals surface area contributed by atoms with Crippen LogP contribution in [0.3, 0.4) is 0 Å². The zero-order chi connectivity index (χ0) is 18.2. The first-order valence-electron chi connectivity index (χ1n) is 9.03. The van der Waals surface area contributed by atoms with Crippen molar-refractivity contribution in [3.8, 4) is 11.5 Å². The third-order valence-electron chi connectivity index (χ3n) is 4.21. The zero-order valence-electron chi connectivity index (χ0n) is 15.8. The van der Waals surface area contributed by atoms with Crippen molar-refractivity contribution in [2.24, 2.45) is 5.92 Å². The predicted octanol–water partition coefficient (Wildman–Crippen LogP) is 2.91. The molecule has 0 radical (unpaired) electrons. The zero-order valence-corrected chi connectivity index (χ0v) is 15.8. The Bertz CT molecular complexity index is 591. The summed E-state index contributed by atoms with van der Waals surface area (Å²) in [4.78, 5) is 16.7. The van der Waals surface area contributed by atoms with Gasteiger partial charge < -0.3 is 14.4 Å². The smallest absolute Gasteiger partial charge is 0.246 e. The maximum atomic E-state index is 12.4. The average molecular weight is 346 g/mol. The summed E-state index contributed by atoms with van der Waals surface area (Å²) in [5.41, 5.74) is 0.927. The molecule has 1 heterocycles. The molecular formula is C20H30N2O3. The molecule has 0 atom stereocenters. The number of carbonyl (C=O) groups excluding carboxylic acids is 1. The first-order valence-corrected chi connectivity index (χ1v) is 9.03. The Morgan fingerprint density at radius 3 is 2.52 bits per heavy atom. The Balaban J connectivity index is 1.93. The van der Waals surface area contributed by atoms with Gasteiger partial charge in [0, 0.05) is 38.8 Å². The molecule has 0 aromatic heterocycles. The molecule has 5 heteroatoms. The van der Waals surface area contributed by atoms with Gasteiger partial charge >= 0.3 is 0 Å². The van der Waals surface area contributed by atoms with E-state index in [2.05, 4.69) is 18.7 Å². The van der Waals surface area contributed by atoms with Gasteiger partial charge in [-0.1, -0.05) is 19.9 Å². The van der Waals surface area contributed by atoms with Crippen molar-refractivity contribution in [1.82, 2.24) is 9.80 Å². The summed E-state index contributed by atoms with van der Waals surface area (Å²) in [6.07, 6.45) is 3.49. The van der Waals surface area contributed by atoms with Crippen LogP contribution in [0.2, 0.25) is 0 Å². The van der Waals surface area contributed by atoms with Gasteiger partial charge in [0.1, 0.15) is 0 Å². The van der Waals surface area contributed by atoms with Crippen molar-refractivity contribution in [3.05, 3.63) is 29.8 Å². The van der Waals surface area contributed by atoms with Crippen LogP contribution in [-0.2, 0) is 4.79 Å². The molecule has 0 aliphatic carbocycles. The van der Waals surface area contributed by atoms with E-state index in [1.165, 1.54) is 0 Å². The van der Waals surface area contributed by atoms with Gasteiger partial charge in [-0.3, -0.25) is 9.69 Å². The van der Waals surface area contributed by atoms with E-state index >= 15 is 0 Å². The summed E-state index contributed by atoms with van der Waals surface area (Å²) < 4.78 is 10.9. The number of hydrogen-bond acceptors (Lipinski definition) is 4.